The van der Waals surface area contributed by atoms with Gasteiger partial charge in [-0.25, -0.2) is 8.42 Å². The summed E-state index contributed by atoms with van der Waals surface area (Å²) in [5, 5.41) is 11.6. The van der Waals surface area contributed by atoms with E-state index in [1.807, 2.05) is 6.07 Å². The van der Waals surface area contributed by atoms with E-state index in [4.69, 9.17) is 5.26 Å². The van der Waals surface area contributed by atoms with Gasteiger partial charge in [-0.3, -0.25) is 4.79 Å². The summed E-state index contributed by atoms with van der Waals surface area (Å²) >= 11 is 0. The van der Waals surface area contributed by atoms with Gasteiger partial charge in [0.05, 0.1) is 23.1 Å². The van der Waals surface area contributed by atoms with E-state index in [9.17, 15) is 13.2 Å². The first-order valence-electron chi connectivity index (χ1n) is 6.61. The second-order valence-corrected chi connectivity index (χ2v) is 7.24. The molecule has 1 aliphatic carbocycles. The van der Waals surface area contributed by atoms with Gasteiger partial charge in [0.2, 0.25) is 15.9 Å². The Labute approximate surface area is 124 Å². The molecule has 0 aliphatic heterocycles. The van der Waals surface area contributed by atoms with Crippen LogP contribution in [0, 0.1) is 18.3 Å². The first-order chi connectivity index (χ1) is 9.84. The minimum Gasteiger partial charge on any atom is -0.352 e. The molecule has 1 aromatic rings. The predicted octanol–water partition coefficient (Wildman–Crippen LogP) is 0.766. The molecule has 0 aromatic heterocycles. The van der Waals surface area contributed by atoms with Crippen LogP contribution in [-0.4, -0.2) is 38.3 Å². The third-order valence-corrected chi connectivity index (χ3v) is 5.13. The molecule has 1 saturated carbocycles. The number of amides is 1. The van der Waals surface area contributed by atoms with E-state index >= 15 is 0 Å². The predicted molar refractivity (Wildman–Crippen MR) is 76.9 cm³/mol. The third-order valence-electron chi connectivity index (χ3n) is 3.34. The van der Waals surface area contributed by atoms with Crippen molar-refractivity contribution in [3.05, 3.63) is 29.3 Å². The number of likely N-dealkylation sites (N-methyl/N-ethyl adjacent to an activating group) is 1. The Morgan fingerprint density at radius 2 is 2.14 bits per heavy atom. The van der Waals surface area contributed by atoms with Gasteiger partial charge in [0, 0.05) is 13.1 Å². The molecular weight excluding hydrogens is 290 g/mol. The van der Waals surface area contributed by atoms with Gasteiger partial charge < -0.3 is 5.32 Å². The van der Waals surface area contributed by atoms with E-state index in [-0.39, 0.29) is 23.4 Å². The zero-order valence-corrected chi connectivity index (χ0v) is 12.8. The molecule has 1 amide bonds. The highest BCUT2D eigenvalue weighted by Crippen LogP contribution is 2.20. The van der Waals surface area contributed by atoms with Gasteiger partial charge in [-0.05, 0) is 43.5 Å². The Morgan fingerprint density at radius 1 is 1.48 bits per heavy atom. The highest BCUT2D eigenvalue weighted by Gasteiger charge is 2.27. The molecule has 0 bridgehead atoms. The van der Waals surface area contributed by atoms with E-state index < -0.39 is 10.0 Å². The zero-order chi connectivity index (χ0) is 15.6. The van der Waals surface area contributed by atoms with E-state index in [1.165, 1.54) is 25.2 Å². The number of nitrogens with zero attached hydrogens (tertiary/aromatic N) is 2. The lowest BCUT2D eigenvalue weighted by molar-refractivity contribution is -0.121. The Morgan fingerprint density at radius 3 is 2.67 bits per heavy atom. The molecular formula is C14H17N3O3S. The maximum atomic E-state index is 12.4. The number of carbonyl (C=O) groups excluding carboxylic acids is 1. The number of sulfonamides is 1. The molecule has 2 rings (SSSR count). The fourth-order valence-corrected chi connectivity index (χ4v) is 3.10. The van der Waals surface area contributed by atoms with Crippen molar-refractivity contribution >= 4 is 15.9 Å². The van der Waals surface area contributed by atoms with Crippen LogP contribution in [0.5, 0.6) is 0 Å². The normalized spacial score (nSPS) is 14.8. The minimum atomic E-state index is -3.73. The van der Waals surface area contributed by atoms with Gasteiger partial charge in [-0.2, -0.15) is 9.57 Å². The number of nitrogens with one attached hydrogen (secondary N) is 1. The van der Waals surface area contributed by atoms with Crippen molar-refractivity contribution in [3.63, 3.8) is 0 Å². The van der Waals surface area contributed by atoms with Gasteiger partial charge in [0.25, 0.3) is 0 Å². The first-order valence-corrected chi connectivity index (χ1v) is 8.05. The molecule has 6 nitrogen and oxygen atoms in total. The maximum Gasteiger partial charge on any atom is 0.243 e. The van der Waals surface area contributed by atoms with Crippen molar-refractivity contribution in [2.24, 2.45) is 0 Å². The van der Waals surface area contributed by atoms with Crippen LogP contribution in [0.4, 0.5) is 0 Å². The van der Waals surface area contributed by atoms with Crippen LogP contribution >= 0.6 is 0 Å². The third kappa shape index (κ3) is 3.60. The van der Waals surface area contributed by atoms with Crippen molar-refractivity contribution in [2.75, 3.05) is 13.6 Å². The molecule has 1 aromatic carbocycles. The number of carbonyl (C=O) groups is 1. The SMILES string of the molecule is Cc1cc(S(=O)(=O)N(C)CC(=O)NC2CC2)ccc1C#N. The number of aryl methyl sites for hydroxylation is 1. The summed E-state index contributed by atoms with van der Waals surface area (Å²) in [4.78, 5) is 11.8. The zero-order valence-electron chi connectivity index (χ0n) is 12.0. The second-order valence-electron chi connectivity index (χ2n) is 5.19. The van der Waals surface area contributed by atoms with Gasteiger partial charge >= 0.3 is 0 Å². The molecule has 1 N–H and O–H groups in total. The molecule has 21 heavy (non-hydrogen) atoms. The minimum absolute atomic E-state index is 0.0840. The van der Waals surface area contributed by atoms with Crippen molar-refractivity contribution in [3.8, 4) is 6.07 Å². The highest BCUT2D eigenvalue weighted by molar-refractivity contribution is 7.89. The first kappa shape index (κ1) is 15.5. The van der Waals surface area contributed by atoms with Crippen molar-refractivity contribution < 1.29 is 13.2 Å². The second kappa shape index (κ2) is 5.84. The van der Waals surface area contributed by atoms with Crippen LogP contribution in [0.1, 0.15) is 24.0 Å². The molecule has 0 heterocycles. The average molecular weight is 307 g/mol. The van der Waals surface area contributed by atoms with Crippen molar-refractivity contribution in [2.45, 2.75) is 30.7 Å². The summed E-state index contributed by atoms with van der Waals surface area (Å²) in [6.45, 7) is 1.47. The summed E-state index contributed by atoms with van der Waals surface area (Å²) in [6.07, 6.45) is 1.91. The lowest BCUT2D eigenvalue weighted by Gasteiger charge is -2.17. The molecule has 1 aliphatic rings. The largest absolute Gasteiger partial charge is 0.352 e. The summed E-state index contributed by atoms with van der Waals surface area (Å²) in [7, 11) is -2.36. The summed E-state index contributed by atoms with van der Waals surface area (Å²) in [6, 6.07) is 6.50. The van der Waals surface area contributed by atoms with Crippen LogP contribution in [-0.2, 0) is 14.8 Å². The lowest BCUT2D eigenvalue weighted by Crippen LogP contribution is -2.39. The monoisotopic (exact) mass is 307 g/mol. The lowest BCUT2D eigenvalue weighted by atomic mass is 10.1. The van der Waals surface area contributed by atoms with E-state index in [0.29, 0.717) is 11.1 Å². The van der Waals surface area contributed by atoms with E-state index in [2.05, 4.69) is 5.32 Å². The van der Waals surface area contributed by atoms with Gasteiger partial charge in [-0.1, -0.05) is 0 Å². The molecule has 0 spiro atoms. The summed E-state index contributed by atoms with van der Waals surface area (Å²) in [5.74, 6) is -0.297. The molecule has 1 fully saturated rings. The Bertz CT molecular complexity index is 703. The van der Waals surface area contributed by atoms with Crippen LogP contribution in [0.15, 0.2) is 23.1 Å². The maximum absolute atomic E-state index is 12.4. The molecule has 0 saturated heterocycles. The topological polar surface area (TPSA) is 90.3 Å². The van der Waals surface area contributed by atoms with Crippen LogP contribution in [0.3, 0.4) is 0 Å². The van der Waals surface area contributed by atoms with Crippen molar-refractivity contribution in [1.82, 2.24) is 9.62 Å². The van der Waals surface area contributed by atoms with Gasteiger partial charge in [0.15, 0.2) is 0 Å². The Balaban J connectivity index is 2.14. The fourth-order valence-electron chi connectivity index (χ4n) is 1.89. The van der Waals surface area contributed by atoms with E-state index in [1.54, 1.807) is 6.92 Å². The summed E-state index contributed by atoms with van der Waals surface area (Å²) in [5.41, 5.74) is 1.03. The standard InChI is InChI=1S/C14H17N3O3S/c1-10-7-13(6-3-11(10)8-15)21(19,20)17(2)9-14(18)16-12-4-5-12/h3,6-7,12H,4-5,9H2,1-2H3,(H,16,18). The molecule has 0 unspecified atom stereocenters. The number of nitriles is 1. The summed E-state index contributed by atoms with van der Waals surface area (Å²) < 4.78 is 25.8. The van der Waals surface area contributed by atoms with E-state index in [0.717, 1.165) is 17.1 Å². The number of rotatable bonds is 5. The number of benzene rings is 1. The highest BCUT2D eigenvalue weighted by atomic mass is 32.2. The number of hydrogen-bond donors (Lipinski definition) is 1. The van der Waals surface area contributed by atoms with Crippen molar-refractivity contribution in [1.29, 1.82) is 5.26 Å². The Kier molecular flexibility index (Phi) is 4.30. The smallest absolute Gasteiger partial charge is 0.243 e. The van der Waals surface area contributed by atoms with Gasteiger partial charge in [-0.15, -0.1) is 0 Å². The number of hydrogen-bond acceptors (Lipinski definition) is 4. The molecule has 0 atom stereocenters. The molecule has 7 heteroatoms. The van der Waals surface area contributed by atoms with Crippen LogP contribution < -0.4 is 5.32 Å². The van der Waals surface area contributed by atoms with Gasteiger partial charge in [0.1, 0.15) is 0 Å². The quantitative estimate of drug-likeness (QED) is 0.870. The average Bonchev–Trinajstić information content (AvgIpc) is 3.22. The Hall–Kier alpha value is -1.91. The van der Waals surface area contributed by atoms with Crippen LogP contribution in [0.25, 0.3) is 0 Å². The molecule has 112 valence electrons. The fraction of sp³-hybridized carbons (Fsp3) is 0.429. The van der Waals surface area contributed by atoms with Crippen LogP contribution in [0.2, 0.25) is 0 Å². The molecule has 0 radical (unpaired) electrons.